The Morgan fingerprint density at radius 1 is 0.692 bits per heavy atom. The highest BCUT2D eigenvalue weighted by atomic mass is 16.5. The van der Waals surface area contributed by atoms with Gasteiger partial charge in [-0.3, -0.25) is 0 Å². The van der Waals surface area contributed by atoms with Gasteiger partial charge in [-0.25, -0.2) is 0 Å². The molecule has 0 amide bonds. The largest absolute Gasteiger partial charge is 0.457 e. The van der Waals surface area contributed by atoms with Crippen molar-refractivity contribution in [2.45, 2.75) is 44.3 Å². The van der Waals surface area contributed by atoms with Crippen LogP contribution in [0.4, 0.5) is 0 Å². The zero-order chi connectivity index (χ0) is 27.0. The molecule has 0 saturated heterocycles. The van der Waals surface area contributed by atoms with E-state index >= 15 is 0 Å². The summed E-state index contributed by atoms with van der Waals surface area (Å²) in [6, 6.07) is 36.6. The zero-order valence-corrected chi connectivity index (χ0v) is 22.7. The molecule has 4 heteroatoms. The average Bonchev–Trinajstić information content (AvgIpc) is 3.22. The lowest BCUT2D eigenvalue weighted by molar-refractivity contribution is -0.0893. The van der Waals surface area contributed by atoms with Gasteiger partial charge in [-0.2, -0.15) is 0 Å². The number of ether oxygens (including phenoxy) is 1. The molecule has 1 N–H and O–H groups in total. The first kappa shape index (κ1) is 24.2. The maximum Gasteiger partial charge on any atom is 0.330 e. The van der Waals surface area contributed by atoms with Crippen molar-refractivity contribution in [3.8, 4) is 22.6 Å². The summed E-state index contributed by atoms with van der Waals surface area (Å²) in [4.78, 5) is 0. The highest BCUT2D eigenvalue weighted by Gasteiger charge is 2.52. The van der Waals surface area contributed by atoms with Crippen LogP contribution in [-0.2, 0) is 10.1 Å². The lowest BCUT2D eigenvalue weighted by atomic mass is 9.64. The third-order valence-electron chi connectivity index (χ3n) is 8.81. The first-order valence-corrected chi connectivity index (χ1v) is 13.5. The van der Waals surface area contributed by atoms with E-state index in [-0.39, 0.29) is 0 Å². The fraction of sp³-hybridized carbons (Fsp3) is 0.200. The fourth-order valence-corrected chi connectivity index (χ4v) is 6.13. The van der Waals surface area contributed by atoms with Gasteiger partial charge in [-0.15, -0.1) is 0 Å². The summed E-state index contributed by atoms with van der Waals surface area (Å²) in [5, 5.41) is 13.1. The third-order valence-corrected chi connectivity index (χ3v) is 8.81. The summed E-state index contributed by atoms with van der Waals surface area (Å²) in [5.41, 5.74) is 5.82. The molecule has 39 heavy (non-hydrogen) atoms. The lowest BCUT2D eigenvalue weighted by Crippen LogP contribution is -2.49. The van der Waals surface area contributed by atoms with Gasteiger partial charge in [0.15, 0.2) is 0 Å². The molecule has 0 atom stereocenters. The van der Waals surface area contributed by atoms with Crippen LogP contribution in [0.2, 0.25) is 0 Å². The van der Waals surface area contributed by atoms with Crippen LogP contribution in [-0.4, -0.2) is 23.8 Å². The van der Waals surface area contributed by atoms with Gasteiger partial charge in [-0.1, -0.05) is 96.5 Å². The van der Waals surface area contributed by atoms with Gasteiger partial charge in [0.05, 0.1) is 16.6 Å². The molecule has 1 spiro atoms. The summed E-state index contributed by atoms with van der Waals surface area (Å²) in [6.45, 7) is 7.36. The number of fused-ring (bicyclic) bond motifs is 11. The molecular weight excluding hydrogens is 479 g/mol. The summed E-state index contributed by atoms with van der Waals surface area (Å²) < 4.78 is 12.7. The van der Waals surface area contributed by atoms with E-state index in [4.69, 9.17) is 9.39 Å². The minimum Gasteiger partial charge on any atom is -0.457 e. The summed E-state index contributed by atoms with van der Waals surface area (Å²) in [7, 11) is 1.78. The van der Waals surface area contributed by atoms with E-state index in [0.717, 1.165) is 28.1 Å². The molecule has 191 valence electrons. The normalized spacial score (nSPS) is 14.8. The van der Waals surface area contributed by atoms with Gasteiger partial charge in [0.2, 0.25) is 0 Å². The van der Waals surface area contributed by atoms with Crippen LogP contribution in [0.5, 0.6) is 11.5 Å². The number of hydrogen-bond donors (Lipinski definition) is 1. The zero-order valence-electron chi connectivity index (χ0n) is 22.7. The average molecular weight is 509 g/mol. The van der Waals surface area contributed by atoms with Crippen molar-refractivity contribution in [3.63, 3.8) is 0 Å². The molecule has 3 nitrogen and oxygen atoms in total. The standard InChI is InChI=1S/C35H30BO3/c1-33(2,37)34(3,4)39-36-23-18-20-25-26-19-17-22-11-5-6-12-24(22)32(26)35(29(25)21-23)27-13-7-9-15-30(27)38-31-16-10-8-14-28(31)35/h5-21,37H,1-4H3. The molecule has 0 unspecified atom stereocenters. The summed E-state index contributed by atoms with van der Waals surface area (Å²) >= 11 is 0. The molecule has 0 bridgehead atoms. The molecule has 2 aliphatic rings. The Balaban J connectivity index is 1.54. The molecule has 0 aromatic heterocycles. The smallest absolute Gasteiger partial charge is 0.330 e. The van der Waals surface area contributed by atoms with E-state index in [1.54, 1.807) is 21.3 Å². The van der Waals surface area contributed by atoms with Crippen molar-refractivity contribution < 1.29 is 14.5 Å². The highest BCUT2D eigenvalue weighted by molar-refractivity contribution is 6.47. The molecule has 1 heterocycles. The van der Waals surface area contributed by atoms with Crippen molar-refractivity contribution in [1.29, 1.82) is 0 Å². The van der Waals surface area contributed by atoms with E-state index in [1.165, 1.54) is 33.0 Å². The summed E-state index contributed by atoms with van der Waals surface area (Å²) in [6.07, 6.45) is 0. The minimum atomic E-state index is -1.00. The van der Waals surface area contributed by atoms with Crippen LogP contribution in [0, 0.1) is 0 Å². The van der Waals surface area contributed by atoms with Gasteiger partial charge in [0.25, 0.3) is 0 Å². The fourth-order valence-electron chi connectivity index (χ4n) is 6.13. The third kappa shape index (κ3) is 3.38. The van der Waals surface area contributed by atoms with Gasteiger partial charge >= 0.3 is 7.48 Å². The van der Waals surface area contributed by atoms with Crippen LogP contribution in [0.25, 0.3) is 21.9 Å². The number of benzene rings is 5. The van der Waals surface area contributed by atoms with Gasteiger partial charge in [-0.05, 0) is 72.9 Å². The Labute approximate surface area is 230 Å². The number of hydrogen-bond acceptors (Lipinski definition) is 3. The van der Waals surface area contributed by atoms with Gasteiger partial charge < -0.3 is 14.5 Å². The Bertz CT molecular complexity index is 1720. The second kappa shape index (κ2) is 8.32. The van der Waals surface area contributed by atoms with E-state index in [9.17, 15) is 5.11 Å². The molecule has 1 radical (unpaired) electrons. The maximum absolute atomic E-state index is 10.7. The Hall–Kier alpha value is -3.86. The molecule has 0 saturated carbocycles. The van der Waals surface area contributed by atoms with Crippen LogP contribution < -0.4 is 10.2 Å². The summed E-state index contributed by atoms with van der Waals surface area (Å²) in [5.74, 6) is 1.74. The number of rotatable bonds is 4. The predicted molar refractivity (Wildman–Crippen MR) is 158 cm³/mol. The maximum atomic E-state index is 10.7. The van der Waals surface area contributed by atoms with Gasteiger partial charge in [0.1, 0.15) is 11.5 Å². The van der Waals surface area contributed by atoms with E-state index < -0.39 is 16.6 Å². The molecule has 1 aliphatic heterocycles. The minimum absolute atomic E-state index is 0.563. The predicted octanol–water partition coefficient (Wildman–Crippen LogP) is 7.12. The second-order valence-corrected chi connectivity index (χ2v) is 11.7. The first-order chi connectivity index (χ1) is 18.7. The van der Waals surface area contributed by atoms with Crippen LogP contribution in [0.1, 0.15) is 49.9 Å². The second-order valence-electron chi connectivity index (χ2n) is 11.7. The molecule has 7 rings (SSSR count). The molecule has 5 aromatic rings. The van der Waals surface area contributed by atoms with Crippen molar-refractivity contribution in [1.82, 2.24) is 0 Å². The Morgan fingerprint density at radius 2 is 1.31 bits per heavy atom. The molecule has 1 aliphatic carbocycles. The Morgan fingerprint density at radius 3 is 2.00 bits per heavy atom. The monoisotopic (exact) mass is 509 g/mol. The van der Waals surface area contributed by atoms with Crippen molar-refractivity contribution >= 4 is 23.7 Å². The number of aliphatic hydroxyl groups is 1. The van der Waals surface area contributed by atoms with Crippen LogP contribution in [0.15, 0.2) is 103 Å². The molecule has 5 aromatic carbocycles. The van der Waals surface area contributed by atoms with Crippen molar-refractivity contribution in [3.05, 3.63) is 125 Å². The topological polar surface area (TPSA) is 38.7 Å². The van der Waals surface area contributed by atoms with Crippen molar-refractivity contribution in [2.75, 3.05) is 0 Å². The Kier molecular flexibility index (Phi) is 5.16. The van der Waals surface area contributed by atoms with E-state index in [1.807, 2.05) is 26.0 Å². The lowest BCUT2D eigenvalue weighted by Gasteiger charge is -2.40. The number of para-hydroxylation sites is 2. The SMILES string of the molecule is CC(C)(O)C(C)(C)O[B]c1ccc2c(c1)C1(c3ccccc3Oc3ccccc31)c1c-2ccc2ccccc12. The van der Waals surface area contributed by atoms with Crippen molar-refractivity contribution in [2.24, 2.45) is 0 Å². The highest BCUT2D eigenvalue weighted by Crippen LogP contribution is 2.63. The van der Waals surface area contributed by atoms with Crippen LogP contribution >= 0.6 is 0 Å². The van der Waals surface area contributed by atoms with Crippen LogP contribution in [0.3, 0.4) is 0 Å². The quantitative estimate of drug-likeness (QED) is 0.257. The molecule has 0 fully saturated rings. The first-order valence-electron chi connectivity index (χ1n) is 13.5. The van der Waals surface area contributed by atoms with Gasteiger partial charge in [0, 0.05) is 11.1 Å². The van der Waals surface area contributed by atoms with E-state index in [0.29, 0.717) is 0 Å². The molecular formula is C35H30BO3. The van der Waals surface area contributed by atoms with E-state index in [2.05, 4.69) is 91.0 Å².